The van der Waals surface area contributed by atoms with Crippen molar-refractivity contribution in [2.24, 2.45) is 5.73 Å². The molecule has 100 valence electrons. The molecule has 1 aromatic heterocycles. The fourth-order valence-corrected chi connectivity index (χ4v) is 3.39. The molecule has 2 unspecified atom stereocenters. The monoisotopic (exact) mass is 400 g/mol. The van der Waals surface area contributed by atoms with Crippen LogP contribution in [0, 0.1) is 0 Å². The van der Waals surface area contributed by atoms with Crippen molar-refractivity contribution in [2.75, 3.05) is 0 Å². The summed E-state index contributed by atoms with van der Waals surface area (Å²) in [6.07, 6.45) is 1.81. The van der Waals surface area contributed by atoms with Gasteiger partial charge in [-0.15, -0.1) is 0 Å². The van der Waals surface area contributed by atoms with E-state index in [2.05, 4.69) is 49.0 Å². The van der Waals surface area contributed by atoms with E-state index in [1.807, 2.05) is 37.4 Å². The van der Waals surface area contributed by atoms with Gasteiger partial charge in [0, 0.05) is 21.2 Å². The molecule has 0 fully saturated rings. The molecular formula is C14H14Br2N2S. The number of pyridine rings is 1. The van der Waals surface area contributed by atoms with Crippen LogP contribution in [0.1, 0.15) is 17.7 Å². The second-order valence-corrected chi connectivity index (χ2v) is 7.26. The summed E-state index contributed by atoms with van der Waals surface area (Å²) >= 11 is 8.58. The Labute approximate surface area is 134 Å². The average molecular weight is 402 g/mol. The molecular weight excluding hydrogens is 388 g/mol. The van der Waals surface area contributed by atoms with E-state index in [1.54, 1.807) is 11.8 Å². The summed E-state index contributed by atoms with van der Waals surface area (Å²) in [7, 11) is 0. The van der Waals surface area contributed by atoms with Crippen molar-refractivity contribution in [3.63, 3.8) is 0 Å². The third kappa shape index (κ3) is 4.31. The highest BCUT2D eigenvalue weighted by molar-refractivity contribution is 9.10. The van der Waals surface area contributed by atoms with Crippen LogP contribution in [0.15, 0.2) is 56.6 Å². The van der Waals surface area contributed by atoms with Gasteiger partial charge >= 0.3 is 0 Å². The van der Waals surface area contributed by atoms with Gasteiger partial charge in [-0.3, -0.25) is 0 Å². The molecule has 0 radical (unpaired) electrons. The third-order valence-corrected chi connectivity index (χ3v) is 5.00. The van der Waals surface area contributed by atoms with E-state index in [-0.39, 0.29) is 11.3 Å². The second-order valence-electron chi connectivity index (χ2n) is 4.27. The van der Waals surface area contributed by atoms with Gasteiger partial charge in [-0.05, 0) is 52.7 Å². The summed E-state index contributed by atoms with van der Waals surface area (Å²) < 4.78 is 2.05. The summed E-state index contributed by atoms with van der Waals surface area (Å²) in [6, 6.07) is 12.3. The van der Waals surface area contributed by atoms with E-state index < -0.39 is 0 Å². The molecule has 1 heterocycles. The molecule has 0 aliphatic heterocycles. The molecule has 0 aliphatic carbocycles. The van der Waals surface area contributed by atoms with Crippen molar-refractivity contribution >= 4 is 43.6 Å². The van der Waals surface area contributed by atoms with Crippen molar-refractivity contribution in [1.82, 2.24) is 4.98 Å². The van der Waals surface area contributed by atoms with Crippen LogP contribution in [0.5, 0.6) is 0 Å². The maximum atomic E-state index is 6.12. The number of nitrogens with zero attached hydrogens (tertiary/aromatic N) is 1. The highest BCUT2D eigenvalue weighted by Gasteiger charge is 2.18. The second kappa shape index (κ2) is 6.88. The zero-order chi connectivity index (χ0) is 13.8. The first kappa shape index (κ1) is 15.0. The van der Waals surface area contributed by atoms with E-state index in [0.717, 1.165) is 14.0 Å². The van der Waals surface area contributed by atoms with Crippen LogP contribution in [-0.4, -0.2) is 11.0 Å². The van der Waals surface area contributed by atoms with Gasteiger partial charge in [-0.25, -0.2) is 4.98 Å². The van der Waals surface area contributed by atoms with Gasteiger partial charge in [0.1, 0.15) is 0 Å². The topological polar surface area (TPSA) is 38.9 Å². The number of hydrogen-bond acceptors (Lipinski definition) is 3. The van der Waals surface area contributed by atoms with Crippen LogP contribution in [0.25, 0.3) is 0 Å². The first-order valence-corrected chi connectivity index (χ1v) is 8.32. The number of benzene rings is 1. The predicted octanol–water partition coefficient (Wildman–Crippen LogP) is 4.79. The number of nitrogens with two attached hydrogens (primary N) is 1. The molecule has 2 N–H and O–H groups in total. The summed E-state index contributed by atoms with van der Waals surface area (Å²) in [4.78, 5) is 4.40. The number of thioether (sulfide) groups is 1. The van der Waals surface area contributed by atoms with Gasteiger partial charge < -0.3 is 5.73 Å². The van der Waals surface area contributed by atoms with Crippen molar-refractivity contribution in [3.8, 4) is 0 Å². The molecule has 2 aromatic rings. The quantitative estimate of drug-likeness (QED) is 0.748. The van der Waals surface area contributed by atoms with Gasteiger partial charge in [0.05, 0.1) is 10.3 Å². The van der Waals surface area contributed by atoms with E-state index >= 15 is 0 Å². The van der Waals surface area contributed by atoms with E-state index in [0.29, 0.717) is 0 Å². The fourth-order valence-electron chi connectivity index (χ4n) is 1.72. The zero-order valence-electron chi connectivity index (χ0n) is 10.4. The first-order chi connectivity index (χ1) is 9.06. The SMILES string of the molecule is CC(N)C(Sc1ccc(Br)cn1)c1cccc(Br)c1. The Bertz CT molecular complexity index is 543. The summed E-state index contributed by atoms with van der Waals surface area (Å²) in [5.41, 5.74) is 7.33. The van der Waals surface area contributed by atoms with Crippen molar-refractivity contribution in [1.29, 1.82) is 0 Å². The van der Waals surface area contributed by atoms with Crippen LogP contribution >= 0.6 is 43.6 Å². The lowest BCUT2D eigenvalue weighted by molar-refractivity contribution is 0.720. The molecule has 5 heteroatoms. The van der Waals surface area contributed by atoms with Gasteiger partial charge in [0.15, 0.2) is 0 Å². The lowest BCUT2D eigenvalue weighted by Crippen LogP contribution is -2.22. The Balaban J connectivity index is 2.23. The van der Waals surface area contributed by atoms with E-state index in [1.165, 1.54) is 5.56 Å². The lowest BCUT2D eigenvalue weighted by atomic mass is 10.1. The summed E-state index contributed by atoms with van der Waals surface area (Å²) in [5.74, 6) is 0. The molecule has 0 saturated carbocycles. The first-order valence-electron chi connectivity index (χ1n) is 5.85. The van der Waals surface area contributed by atoms with Gasteiger partial charge in [-0.1, -0.05) is 39.8 Å². The molecule has 0 spiro atoms. The van der Waals surface area contributed by atoms with E-state index in [4.69, 9.17) is 5.73 Å². The molecule has 2 nitrogen and oxygen atoms in total. The Morgan fingerprint density at radius 1 is 1.16 bits per heavy atom. The maximum Gasteiger partial charge on any atom is 0.0967 e. The normalized spacial score (nSPS) is 14.1. The molecule has 0 aliphatic rings. The van der Waals surface area contributed by atoms with Crippen LogP contribution < -0.4 is 5.73 Å². The standard InChI is InChI=1S/C14H14Br2N2S/c1-9(17)14(10-3-2-4-11(15)7-10)19-13-6-5-12(16)8-18-13/h2-9,14H,17H2,1H3. The number of halogens is 2. The molecule has 2 atom stereocenters. The Kier molecular flexibility index (Phi) is 5.45. The zero-order valence-corrected chi connectivity index (χ0v) is 14.4. The Morgan fingerprint density at radius 3 is 2.53 bits per heavy atom. The smallest absolute Gasteiger partial charge is 0.0967 e. The van der Waals surface area contributed by atoms with Crippen molar-refractivity contribution in [2.45, 2.75) is 23.2 Å². The number of rotatable bonds is 4. The summed E-state index contributed by atoms with van der Waals surface area (Å²) in [5, 5.41) is 1.16. The van der Waals surface area contributed by atoms with Crippen molar-refractivity contribution in [3.05, 3.63) is 57.1 Å². The Hall–Kier alpha value is -0.360. The van der Waals surface area contributed by atoms with Gasteiger partial charge in [-0.2, -0.15) is 0 Å². The Morgan fingerprint density at radius 2 is 1.95 bits per heavy atom. The van der Waals surface area contributed by atoms with Crippen molar-refractivity contribution < 1.29 is 0 Å². The largest absolute Gasteiger partial charge is 0.327 e. The van der Waals surface area contributed by atoms with Crippen LogP contribution in [0.3, 0.4) is 0 Å². The third-order valence-electron chi connectivity index (χ3n) is 2.60. The lowest BCUT2D eigenvalue weighted by Gasteiger charge is -2.20. The molecule has 0 saturated heterocycles. The predicted molar refractivity (Wildman–Crippen MR) is 88.3 cm³/mol. The average Bonchev–Trinajstić information content (AvgIpc) is 2.37. The number of aromatic nitrogens is 1. The van der Waals surface area contributed by atoms with Gasteiger partial charge in [0.25, 0.3) is 0 Å². The molecule has 19 heavy (non-hydrogen) atoms. The highest BCUT2D eigenvalue weighted by Crippen LogP contribution is 2.37. The van der Waals surface area contributed by atoms with Gasteiger partial charge in [0.2, 0.25) is 0 Å². The maximum absolute atomic E-state index is 6.12. The molecule has 0 bridgehead atoms. The van der Waals surface area contributed by atoms with Crippen LogP contribution in [0.2, 0.25) is 0 Å². The molecule has 0 amide bonds. The minimum atomic E-state index is 0.0461. The fraction of sp³-hybridized carbons (Fsp3) is 0.214. The van der Waals surface area contributed by atoms with Crippen LogP contribution in [0.4, 0.5) is 0 Å². The number of hydrogen-bond donors (Lipinski definition) is 1. The van der Waals surface area contributed by atoms with E-state index in [9.17, 15) is 0 Å². The van der Waals surface area contributed by atoms with Crippen LogP contribution in [-0.2, 0) is 0 Å². The summed E-state index contributed by atoms with van der Waals surface area (Å²) in [6.45, 7) is 2.03. The highest BCUT2D eigenvalue weighted by atomic mass is 79.9. The molecule has 2 rings (SSSR count). The minimum Gasteiger partial charge on any atom is -0.327 e. The minimum absolute atomic E-state index is 0.0461. The molecule has 1 aromatic carbocycles.